The van der Waals surface area contributed by atoms with E-state index < -0.39 is 5.92 Å². The summed E-state index contributed by atoms with van der Waals surface area (Å²) >= 11 is 1.10. The van der Waals surface area contributed by atoms with Crippen molar-refractivity contribution in [3.8, 4) is 6.07 Å². The Morgan fingerprint density at radius 2 is 2.20 bits per heavy atom. The Labute approximate surface area is 149 Å². The van der Waals surface area contributed by atoms with E-state index in [4.69, 9.17) is 4.74 Å². The minimum Gasteiger partial charge on any atom is -0.383 e. The molecule has 0 saturated heterocycles. The number of thioether (sulfide) groups is 1. The van der Waals surface area contributed by atoms with Crippen LogP contribution in [-0.2, 0) is 14.3 Å². The average Bonchev–Trinajstić information content (AvgIpc) is 2.60. The minimum absolute atomic E-state index is 0.0701. The molecule has 6 nitrogen and oxygen atoms in total. The van der Waals surface area contributed by atoms with Crippen molar-refractivity contribution in [2.45, 2.75) is 12.3 Å². The zero-order chi connectivity index (χ0) is 18.2. The van der Waals surface area contributed by atoms with Gasteiger partial charge in [0.25, 0.3) is 0 Å². The van der Waals surface area contributed by atoms with Gasteiger partial charge in [-0.2, -0.15) is 5.26 Å². The summed E-state index contributed by atoms with van der Waals surface area (Å²) in [5, 5.41) is 15.2. The minimum atomic E-state index is -0.446. The van der Waals surface area contributed by atoms with Crippen LogP contribution in [0.4, 0.5) is 4.39 Å². The van der Waals surface area contributed by atoms with Crippen molar-refractivity contribution in [1.29, 1.82) is 5.26 Å². The van der Waals surface area contributed by atoms with Crippen LogP contribution in [0.1, 0.15) is 17.9 Å². The van der Waals surface area contributed by atoms with Crippen molar-refractivity contribution < 1.29 is 18.7 Å². The van der Waals surface area contributed by atoms with Crippen LogP contribution in [0.3, 0.4) is 0 Å². The van der Waals surface area contributed by atoms with Gasteiger partial charge in [-0.3, -0.25) is 9.59 Å². The molecule has 0 fully saturated rings. The number of allylic oxidation sites excluding steroid dienone is 1. The highest BCUT2D eigenvalue weighted by Gasteiger charge is 2.29. The molecule has 0 radical (unpaired) electrons. The second-order valence-corrected chi connectivity index (χ2v) is 6.33. The molecule has 1 atom stereocenters. The number of rotatable bonds is 7. The number of hydrogen-bond acceptors (Lipinski definition) is 5. The number of carbonyl (C=O) groups excluding carboxylic acids is 2. The Bertz CT molecular complexity index is 713. The number of nitrogens with one attached hydrogen (secondary N) is 2. The van der Waals surface area contributed by atoms with Crippen LogP contribution in [0.5, 0.6) is 0 Å². The van der Waals surface area contributed by atoms with E-state index in [1.165, 1.54) is 19.2 Å². The Morgan fingerprint density at radius 1 is 1.48 bits per heavy atom. The highest BCUT2D eigenvalue weighted by atomic mass is 32.2. The zero-order valence-corrected chi connectivity index (χ0v) is 14.5. The summed E-state index contributed by atoms with van der Waals surface area (Å²) < 4.78 is 18.0. The van der Waals surface area contributed by atoms with Crippen molar-refractivity contribution in [3.05, 3.63) is 46.2 Å². The molecule has 0 aliphatic carbocycles. The lowest BCUT2D eigenvalue weighted by Gasteiger charge is -2.25. The first kappa shape index (κ1) is 19.0. The van der Waals surface area contributed by atoms with Gasteiger partial charge in [-0.05, 0) is 17.7 Å². The fourth-order valence-electron chi connectivity index (χ4n) is 2.39. The number of ether oxygens (including phenoxy) is 1. The van der Waals surface area contributed by atoms with E-state index >= 15 is 0 Å². The SMILES string of the molecule is COCCNC(=O)CSC1=C(C#N)[C@@H](c2ccc(F)cc2)CC(=O)N1. The Hall–Kier alpha value is -2.37. The maximum absolute atomic E-state index is 13.1. The fraction of sp³-hybridized carbons (Fsp3) is 0.353. The summed E-state index contributed by atoms with van der Waals surface area (Å²) in [7, 11) is 1.54. The van der Waals surface area contributed by atoms with Crippen LogP contribution in [0.15, 0.2) is 34.9 Å². The number of amides is 2. The molecule has 1 aliphatic rings. The summed E-state index contributed by atoms with van der Waals surface area (Å²) in [5.74, 6) is -1.21. The molecule has 0 aromatic heterocycles. The fourth-order valence-corrected chi connectivity index (χ4v) is 3.30. The second-order valence-electron chi connectivity index (χ2n) is 5.34. The molecular weight excluding hydrogens is 345 g/mol. The molecular formula is C17H18FN3O3S. The van der Waals surface area contributed by atoms with Crippen LogP contribution in [-0.4, -0.2) is 37.8 Å². The normalized spacial score (nSPS) is 17.0. The van der Waals surface area contributed by atoms with Crippen LogP contribution < -0.4 is 10.6 Å². The highest BCUT2D eigenvalue weighted by Crippen LogP contribution is 2.35. The lowest BCUT2D eigenvalue weighted by atomic mass is 9.87. The number of nitriles is 1. The molecule has 1 heterocycles. The lowest BCUT2D eigenvalue weighted by molar-refractivity contribution is -0.121. The summed E-state index contributed by atoms with van der Waals surface area (Å²) in [4.78, 5) is 23.8. The maximum atomic E-state index is 13.1. The molecule has 2 rings (SSSR count). The van der Waals surface area contributed by atoms with E-state index in [1.807, 2.05) is 0 Å². The third kappa shape index (κ3) is 5.31. The molecule has 0 saturated carbocycles. The quantitative estimate of drug-likeness (QED) is 0.719. The Balaban J connectivity index is 2.13. The van der Waals surface area contributed by atoms with Crippen LogP contribution in [0.2, 0.25) is 0 Å². The Kier molecular flexibility index (Phi) is 6.98. The molecule has 1 aliphatic heterocycles. The number of benzene rings is 1. The molecule has 0 unspecified atom stereocenters. The van der Waals surface area contributed by atoms with Gasteiger partial charge in [0, 0.05) is 26.0 Å². The summed E-state index contributed by atoms with van der Waals surface area (Å²) in [6.07, 6.45) is 0.110. The van der Waals surface area contributed by atoms with Crippen LogP contribution in [0.25, 0.3) is 0 Å². The van der Waals surface area contributed by atoms with Gasteiger partial charge >= 0.3 is 0 Å². The van der Waals surface area contributed by atoms with Crippen molar-refractivity contribution in [2.24, 2.45) is 0 Å². The molecule has 25 heavy (non-hydrogen) atoms. The first-order valence-corrected chi connectivity index (χ1v) is 8.61. The smallest absolute Gasteiger partial charge is 0.230 e. The van der Waals surface area contributed by atoms with Gasteiger partial charge in [0.15, 0.2) is 0 Å². The number of nitrogens with zero attached hydrogens (tertiary/aromatic N) is 1. The molecule has 2 amide bonds. The van der Waals surface area contributed by atoms with E-state index in [0.717, 1.165) is 11.8 Å². The van der Waals surface area contributed by atoms with E-state index in [-0.39, 0.29) is 29.8 Å². The lowest BCUT2D eigenvalue weighted by Crippen LogP contribution is -2.33. The van der Waals surface area contributed by atoms with Crippen LogP contribution in [0, 0.1) is 17.1 Å². The molecule has 0 spiro atoms. The largest absolute Gasteiger partial charge is 0.383 e. The van der Waals surface area contributed by atoms with Gasteiger partial charge in [-0.15, -0.1) is 0 Å². The van der Waals surface area contributed by atoms with E-state index in [0.29, 0.717) is 29.3 Å². The summed E-state index contributed by atoms with van der Waals surface area (Å²) in [5.41, 5.74) is 1.07. The third-order valence-corrected chi connectivity index (χ3v) is 4.62. The van der Waals surface area contributed by atoms with Gasteiger partial charge in [0.05, 0.1) is 29.0 Å². The molecule has 1 aromatic carbocycles. The zero-order valence-electron chi connectivity index (χ0n) is 13.7. The van der Waals surface area contributed by atoms with Gasteiger partial charge in [0.1, 0.15) is 5.82 Å². The van der Waals surface area contributed by atoms with Crippen LogP contribution >= 0.6 is 11.8 Å². The average molecular weight is 363 g/mol. The number of halogens is 1. The van der Waals surface area contributed by atoms with Gasteiger partial charge in [0.2, 0.25) is 11.8 Å². The van der Waals surface area contributed by atoms with E-state index in [1.54, 1.807) is 12.1 Å². The number of carbonyl (C=O) groups is 2. The number of methoxy groups -OCH3 is 1. The van der Waals surface area contributed by atoms with Crippen molar-refractivity contribution >= 4 is 23.6 Å². The molecule has 8 heteroatoms. The molecule has 1 aromatic rings. The predicted octanol–water partition coefficient (Wildman–Crippen LogP) is 1.66. The monoisotopic (exact) mass is 363 g/mol. The summed E-state index contributed by atoms with van der Waals surface area (Å²) in [6.45, 7) is 0.802. The predicted molar refractivity (Wildman–Crippen MR) is 91.9 cm³/mol. The second kappa shape index (κ2) is 9.20. The van der Waals surface area contributed by atoms with Crippen molar-refractivity contribution in [3.63, 3.8) is 0 Å². The number of hydrogen-bond donors (Lipinski definition) is 2. The van der Waals surface area contributed by atoms with Crippen molar-refractivity contribution in [2.75, 3.05) is 26.0 Å². The van der Waals surface area contributed by atoms with E-state index in [9.17, 15) is 19.2 Å². The summed E-state index contributed by atoms with van der Waals surface area (Å²) in [6, 6.07) is 7.84. The molecule has 0 bridgehead atoms. The first-order valence-electron chi connectivity index (χ1n) is 7.63. The maximum Gasteiger partial charge on any atom is 0.230 e. The Morgan fingerprint density at radius 3 is 2.84 bits per heavy atom. The standard InChI is InChI=1S/C17H18FN3O3S/c1-24-7-6-20-16(23)10-25-17-14(9-19)13(8-15(22)21-17)11-2-4-12(18)5-3-11/h2-5,13H,6-8,10H2,1H3,(H,20,23)(H,21,22)/t13-/m1/s1. The van der Waals surface area contributed by atoms with Crippen molar-refractivity contribution in [1.82, 2.24) is 10.6 Å². The van der Waals surface area contributed by atoms with Gasteiger partial charge in [-0.1, -0.05) is 23.9 Å². The molecule has 132 valence electrons. The topological polar surface area (TPSA) is 91.2 Å². The third-order valence-electron chi connectivity index (χ3n) is 3.60. The van der Waals surface area contributed by atoms with E-state index in [2.05, 4.69) is 16.7 Å². The van der Waals surface area contributed by atoms with Gasteiger partial charge < -0.3 is 15.4 Å². The first-order chi connectivity index (χ1) is 12.0. The molecule has 2 N–H and O–H groups in total. The van der Waals surface area contributed by atoms with Gasteiger partial charge in [-0.25, -0.2) is 4.39 Å². The highest BCUT2D eigenvalue weighted by molar-refractivity contribution is 8.03.